The number of carbonyl (C=O) groups excluding carboxylic acids is 2. The number of hydrogen-bond acceptors (Lipinski definition) is 3. The van der Waals surface area contributed by atoms with Crippen LogP contribution in [0.25, 0.3) is 0 Å². The molecule has 0 saturated carbocycles. The second kappa shape index (κ2) is 8.91. The highest BCUT2D eigenvalue weighted by Crippen LogP contribution is 2.15. The zero-order valence-electron chi connectivity index (χ0n) is 12.0. The zero-order valence-corrected chi connectivity index (χ0v) is 12.0. The molecule has 0 spiro atoms. The third-order valence-corrected chi connectivity index (χ3v) is 2.76. The molecule has 0 aromatic rings. The molecule has 2 N–H and O–H groups in total. The van der Waals surface area contributed by atoms with E-state index < -0.39 is 5.41 Å². The molecule has 2 amide bonds. The minimum Gasteiger partial charge on any atom is -0.385 e. The van der Waals surface area contributed by atoms with Gasteiger partial charge in [-0.3, -0.25) is 9.59 Å². The lowest BCUT2D eigenvalue weighted by atomic mass is 9.91. The van der Waals surface area contributed by atoms with Gasteiger partial charge in [-0.25, -0.2) is 0 Å². The van der Waals surface area contributed by atoms with E-state index in [0.29, 0.717) is 19.7 Å². The summed E-state index contributed by atoms with van der Waals surface area (Å²) in [6, 6.07) is 0. The molecular formula is C13H26N2O3. The van der Waals surface area contributed by atoms with Crippen molar-refractivity contribution in [1.82, 2.24) is 10.6 Å². The molecule has 0 aliphatic rings. The molecule has 0 aliphatic heterocycles. The summed E-state index contributed by atoms with van der Waals surface area (Å²) in [5, 5.41) is 5.53. The summed E-state index contributed by atoms with van der Waals surface area (Å²) in [6.45, 7) is 7.08. The predicted molar refractivity (Wildman–Crippen MR) is 71.2 cm³/mol. The average Bonchev–Trinajstić information content (AvgIpc) is 2.34. The van der Waals surface area contributed by atoms with E-state index in [1.807, 2.05) is 0 Å². The van der Waals surface area contributed by atoms with Crippen molar-refractivity contribution in [3.8, 4) is 0 Å². The molecule has 5 heteroatoms. The average molecular weight is 258 g/mol. The van der Waals surface area contributed by atoms with Crippen molar-refractivity contribution in [2.24, 2.45) is 5.41 Å². The molecule has 0 aromatic heterocycles. The van der Waals surface area contributed by atoms with Gasteiger partial charge in [0.1, 0.15) is 5.41 Å². The summed E-state index contributed by atoms with van der Waals surface area (Å²) in [7, 11) is 1.62. The van der Waals surface area contributed by atoms with Crippen LogP contribution in [0.5, 0.6) is 0 Å². The van der Waals surface area contributed by atoms with Gasteiger partial charge in [0.2, 0.25) is 11.8 Å². The van der Waals surface area contributed by atoms with Crippen LogP contribution in [0.15, 0.2) is 0 Å². The standard InChI is InChI=1S/C13H26N2O3/c1-5-6-8-14-11(16)13(2,3)12(17)15-9-7-10-18-4/h5-10H2,1-4H3,(H,14,16)(H,15,17). The van der Waals surface area contributed by atoms with Crippen molar-refractivity contribution < 1.29 is 14.3 Å². The maximum atomic E-state index is 11.9. The summed E-state index contributed by atoms with van der Waals surface area (Å²) in [6.07, 6.45) is 2.69. The number of methoxy groups -OCH3 is 1. The van der Waals surface area contributed by atoms with Crippen LogP contribution in [0.3, 0.4) is 0 Å². The summed E-state index contributed by atoms with van der Waals surface area (Å²) < 4.78 is 4.89. The molecule has 106 valence electrons. The Balaban J connectivity index is 4.08. The molecule has 0 fully saturated rings. The second-order valence-corrected chi connectivity index (χ2v) is 4.84. The Morgan fingerprint density at radius 2 is 1.56 bits per heavy atom. The quantitative estimate of drug-likeness (QED) is 0.480. The fraction of sp³-hybridized carbons (Fsp3) is 0.846. The van der Waals surface area contributed by atoms with Crippen LogP contribution in [0.4, 0.5) is 0 Å². The number of carbonyl (C=O) groups is 2. The highest BCUT2D eigenvalue weighted by molar-refractivity contribution is 6.04. The van der Waals surface area contributed by atoms with Gasteiger partial charge in [-0.05, 0) is 26.7 Å². The van der Waals surface area contributed by atoms with Crippen molar-refractivity contribution in [2.45, 2.75) is 40.0 Å². The van der Waals surface area contributed by atoms with E-state index in [1.54, 1.807) is 21.0 Å². The van der Waals surface area contributed by atoms with E-state index in [-0.39, 0.29) is 11.8 Å². The van der Waals surface area contributed by atoms with Gasteiger partial charge in [-0.15, -0.1) is 0 Å². The van der Waals surface area contributed by atoms with E-state index in [4.69, 9.17) is 4.74 Å². The fourth-order valence-corrected chi connectivity index (χ4v) is 1.34. The third kappa shape index (κ3) is 6.00. The van der Waals surface area contributed by atoms with Crippen molar-refractivity contribution in [2.75, 3.05) is 26.8 Å². The number of unbranched alkanes of at least 4 members (excludes halogenated alkanes) is 1. The van der Waals surface area contributed by atoms with Crippen LogP contribution in [0, 0.1) is 5.41 Å². The number of ether oxygens (including phenoxy) is 1. The molecule has 0 unspecified atom stereocenters. The first-order valence-electron chi connectivity index (χ1n) is 6.52. The lowest BCUT2D eigenvalue weighted by Gasteiger charge is -2.22. The molecular weight excluding hydrogens is 232 g/mol. The van der Waals surface area contributed by atoms with Crippen LogP contribution >= 0.6 is 0 Å². The predicted octanol–water partition coefficient (Wildman–Crippen LogP) is 1.08. The van der Waals surface area contributed by atoms with Crippen molar-refractivity contribution in [3.05, 3.63) is 0 Å². The van der Waals surface area contributed by atoms with Gasteiger partial charge < -0.3 is 15.4 Å². The molecule has 0 bridgehead atoms. The maximum absolute atomic E-state index is 11.9. The number of amides is 2. The van der Waals surface area contributed by atoms with Gasteiger partial charge >= 0.3 is 0 Å². The molecule has 5 nitrogen and oxygen atoms in total. The summed E-state index contributed by atoms with van der Waals surface area (Å²) >= 11 is 0. The van der Waals surface area contributed by atoms with Crippen molar-refractivity contribution >= 4 is 11.8 Å². The Labute approximate surface area is 110 Å². The Morgan fingerprint density at radius 1 is 1.06 bits per heavy atom. The molecule has 0 aliphatic carbocycles. The van der Waals surface area contributed by atoms with Crippen LogP contribution in [0.1, 0.15) is 40.0 Å². The largest absolute Gasteiger partial charge is 0.385 e. The summed E-state index contributed by atoms with van der Waals surface area (Å²) in [5.41, 5.74) is -1.03. The molecule has 0 atom stereocenters. The first-order valence-corrected chi connectivity index (χ1v) is 6.52. The smallest absolute Gasteiger partial charge is 0.235 e. The fourth-order valence-electron chi connectivity index (χ4n) is 1.34. The number of nitrogens with one attached hydrogen (secondary N) is 2. The Bertz CT molecular complexity index is 265. The van der Waals surface area contributed by atoms with Crippen molar-refractivity contribution in [1.29, 1.82) is 0 Å². The second-order valence-electron chi connectivity index (χ2n) is 4.84. The maximum Gasteiger partial charge on any atom is 0.235 e. The van der Waals surface area contributed by atoms with Gasteiger partial charge in [0.15, 0.2) is 0 Å². The van der Waals surface area contributed by atoms with Crippen LogP contribution in [0.2, 0.25) is 0 Å². The molecule has 0 saturated heterocycles. The van der Waals surface area contributed by atoms with Crippen LogP contribution in [-0.2, 0) is 14.3 Å². The molecule has 0 rings (SSSR count). The van der Waals surface area contributed by atoms with Gasteiger partial charge in [0, 0.05) is 26.8 Å². The Kier molecular flexibility index (Phi) is 8.37. The summed E-state index contributed by atoms with van der Waals surface area (Å²) in [4.78, 5) is 23.8. The lowest BCUT2D eigenvalue weighted by Crippen LogP contribution is -2.48. The lowest BCUT2D eigenvalue weighted by molar-refractivity contribution is -0.141. The van der Waals surface area contributed by atoms with E-state index in [2.05, 4.69) is 17.6 Å². The monoisotopic (exact) mass is 258 g/mol. The summed E-state index contributed by atoms with van der Waals surface area (Å²) in [5.74, 6) is -0.465. The molecule has 0 radical (unpaired) electrons. The number of rotatable bonds is 9. The Hall–Kier alpha value is -1.10. The molecule has 0 aromatic carbocycles. The van der Waals surface area contributed by atoms with E-state index >= 15 is 0 Å². The highest BCUT2D eigenvalue weighted by Gasteiger charge is 2.35. The van der Waals surface area contributed by atoms with E-state index in [1.165, 1.54) is 0 Å². The first-order chi connectivity index (χ1) is 8.46. The van der Waals surface area contributed by atoms with Gasteiger partial charge in [0.05, 0.1) is 0 Å². The van der Waals surface area contributed by atoms with E-state index in [0.717, 1.165) is 19.3 Å². The molecule has 0 heterocycles. The van der Waals surface area contributed by atoms with Gasteiger partial charge in [-0.2, -0.15) is 0 Å². The normalized spacial score (nSPS) is 11.1. The number of hydrogen-bond donors (Lipinski definition) is 2. The molecule has 18 heavy (non-hydrogen) atoms. The van der Waals surface area contributed by atoms with Crippen molar-refractivity contribution in [3.63, 3.8) is 0 Å². The topological polar surface area (TPSA) is 67.4 Å². The van der Waals surface area contributed by atoms with Crippen LogP contribution < -0.4 is 10.6 Å². The van der Waals surface area contributed by atoms with Crippen LogP contribution in [-0.4, -0.2) is 38.6 Å². The third-order valence-electron chi connectivity index (χ3n) is 2.76. The minimum absolute atomic E-state index is 0.222. The zero-order chi connectivity index (χ0) is 14.0. The van der Waals surface area contributed by atoms with Gasteiger partial charge in [0.25, 0.3) is 0 Å². The highest BCUT2D eigenvalue weighted by atomic mass is 16.5. The van der Waals surface area contributed by atoms with Gasteiger partial charge in [-0.1, -0.05) is 13.3 Å². The SMILES string of the molecule is CCCCNC(=O)C(C)(C)C(=O)NCCCOC. The minimum atomic E-state index is -1.03. The Morgan fingerprint density at radius 3 is 2.00 bits per heavy atom. The van der Waals surface area contributed by atoms with E-state index in [9.17, 15) is 9.59 Å². The first kappa shape index (κ1) is 16.9.